The van der Waals surface area contributed by atoms with Gasteiger partial charge < -0.3 is 10.1 Å². The molecule has 1 atom stereocenters. The zero-order chi connectivity index (χ0) is 15.4. The Labute approximate surface area is 133 Å². The Morgan fingerprint density at radius 1 is 1.14 bits per heavy atom. The number of benzene rings is 2. The number of amides is 1. The van der Waals surface area contributed by atoms with Gasteiger partial charge in [0.1, 0.15) is 5.75 Å². The molecule has 0 aromatic heterocycles. The zero-order valence-corrected chi connectivity index (χ0v) is 13.2. The third kappa shape index (κ3) is 4.38. The summed E-state index contributed by atoms with van der Waals surface area (Å²) in [5.74, 6) is 0.404. The number of aryl methyl sites for hydroxylation is 1. The van der Waals surface area contributed by atoms with E-state index in [0.717, 1.165) is 5.56 Å². The lowest BCUT2D eigenvalue weighted by atomic mass is 10.2. The largest absolute Gasteiger partial charge is 0.481 e. The number of carbonyl (C=O) groups excluding carboxylic acids is 1. The minimum Gasteiger partial charge on any atom is -0.481 e. The van der Waals surface area contributed by atoms with Crippen molar-refractivity contribution < 1.29 is 9.53 Å². The maximum Gasteiger partial charge on any atom is 0.265 e. The van der Waals surface area contributed by atoms with Gasteiger partial charge in [0.15, 0.2) is 6.10 Å². The summed E-state index contributed by atoms with van der Waals surface area (Å²) < 4.78 is 5.61. The second kappa shape index (κ2) is 6.83. The summed E-state index contributed by atoms with van der Waals surface area (Å²) in [6, 6.07) is 12.5. The maximum absolute atomic E-state index is 12.1. The fourth-order valence-corrected chi connectivity index (χ4v) is 2.06. The highest BCUT2D eigenvalue weighted by Crippen LogP contribution is 2.25. The van der Waals surface area contributed by atoms with Gasteiger partial charge in [-0.2, -0.15) is 0 Å². The van der Waals surface area contributed by atoms with Crippen molar-refractivity contribution >= 4 is 34.8 Å². The Hall–Kier alpha value is -1.71. The van der Waals surface area contributed by atoms with Crippen LogP contribution in [-0.4, -0.2) is 12.0 Å². The summed E-state index contributed by atoms with van der Waals surface area (Å²) in [4.78, 5) is 12.1. The van der Waals surface area contributed by atoms with Crippen LogP contribution in [0.4, 0.5) is 5.69 Å². The monoisotopic (exact) mass is 323 g/mol. The minimum absolute atomic E-state index is 0.255. The first-order valence-corrected chi connectivity index (χ1v) is 7.20. The predicted octanol–water partition coefficient (Wildman–Crippen LogP) is 4.71. The van der Waals surface area contributed by atoms with Crippen LogP contribution < -0.4 is 10.1 Å². The van der Waals surface area contributed by atoms with Gasteiger partial charge in [-0.3, -0.25) is 4.79 Å². The average molecular weight is 324 g/mol. The molecule has 3 nitrogen and oxygen atoms in total. The molecule has 5 heteroatoms. The first kappa shape index (κ1) is 15.7. The van der Waals surface area contributed by atoms with Crippen LogP contribution in [0.3, 0.4) is 0 Å². The van der Waals surface area contributed by atoms with Gasteiger partial charge in [-0.05, 0) is 49.7 Å². The molecular formula is C16H15Cl2NO2. The van der Waals surface area contributed by atoms with Crippen LogP contribution in [0.1, 0.15) is 12.5 Å². The van der Waals surface area contributed by atoms with E-state index in [4.69, 9.17) is 27.9 Å². The first-order valence-electron chi connectivity index (χ1n) is 6.45. The summed E-state index contributed by atoms with van der Waals surface area (Å²) in [6.07, 6.45) is -0.624. The maximum atomic E-state index is 12.1. The molecule has 110 valence electrons. The lowest BCUT2D eigenvalue weighted by Crippen LogP contribution is -2.30. The summed E-state index contributed by atoms with van der Waals surface area (Å²) in [6.45, 7) is 3.66. The van der Waals surface area contributed by atoms with Gasteiger partial charge in [0.05, 0.1) is 10.0 Å². The van der Waals surface area contributed by atoms with Gasteiger partial charge in [0.25, 0.3) is 5.91 Å². The van der Waals surface area contributed by atoms with E-state index in [1.165, 1.54) is 0 Å². The van der Waals surface area contributed by atoms with Crippen LogP contribution in [-0.2, 0) is 4.79 Å². The average Bonchev–Trinajstić information content (AvgIpc) is 2.43. The van der Waals surface area contributed by atoms with Crippen LogP contribution in [0.15, 0.2) is 42.5 Å². The number of ether oxygens (including phenoxy) is 1. The summed E-state index contributed by atoms with van der Waals surface area (Å²) in [5, 5.41) is 3.57. The summed E-state index contributed by atoms with van der Waals surface area (Å²) >= 11 is 11.7. The molecule has 2 rings (SSSR count). The Morgan fingerprint density at radius 3 is 2.57 bits per heavy atom. The van der Waals surface area contributed by atoms with Crippen molar-refractivity contribution in [1.82, 2.24) is 0 Å². The normalized spacial score (nSPS) is 11.8. The molecule has 0 aliphatic heterocycles. The Kier molecular flexibility index (Phi) is 5.10. The predicted molar refractivity (Wildman–Crippen MR) is 86.4 cm³/mol. The Morgan fingerprint density at radius 2 is 1.90 bits per heavy atom. The van der Waals surface area contributed by atoms with Crippen molar-refractivity contribution in [2.75, 3.05) is 5.32 Å². The van der Waals surface area contributed by atoms with Crippen LogP contribution >= 0.6 is 23.2 Å². The van der Waals surface area contributed by atoms with E-state index >= 15 is 0 Å². The number of nitrogens with one attached hydrogen (secondary N) is 1. The molecule has 0 aliphatic carbocycles. The molecule has 0 bridgehead atoms. The minimum atomic E-state index is -0.624. The lowest BCUT2D eigenvalue weighted by Gasteiger charge is -2.15. The van der Waals surface area contributed by atoms with Gasteiger partial charge in [-0.15, -0.1) is 0 Å². The molecule has 0 heterocycles. The highest BCUT2D eigenvalue weighted by atomic mass is 35.5. The van der Waals surface area contributed by atoms with Gasteiger partial charge in [-0.1, -0.05) is 35.3 Å². The smallest absolute Gasteiger partial charge is 0.265 e. The third-order valence-corrected chi connectivity index (χ3v) is 3.60. The third-order valence-electron chi connectivity index (χ3n) is 2.86. The highest BCUT2D eigenvalue weighted by Gasteiger charge is 2.15. The van der Waals surface area contributed by atoms with E-state index in [0.29, 0.717) is 21.5 Å². The van der Waals surface area contributed by atoms with Crippen LogP contribution in [0.25, 0.3) is 0 Å². The number of hydrogen-bond acceptors (Lipinski definition) is 2. The highest BCUT2D eigenvalue weighted by molar-refractivity contribution is 6.42. The van der Waals surface area contributed by atoms with Crippen LogP contribution in [0, 0.1) is 6.92 Å². The van der Waals surface area contributed by atoms with Crippen molar-refractivity contribution in [1.29, 1.82) is 0 Å². The molecule has 0 saturated heterocycles. The first-order chi connectivity index (χ1) is 9.95. The van der Waals surface area contributed by atoms with Gasteiger partial charge >= 0.3 is 0 Å². The molecule has 0 saturated carbocycles. The molecule has 0 radical (unpaired) electrons. The van der Waals surface area contributed by atoms with Crippen molar-refractivity contribution in [3.8, 4) is 5.75 Å². The van der Waals surface area contributed by atoms with Crippen molar-refractivity contribution in [3.63, 3.8) is 0 Å². The molecule has 0 unspecified atom stereocenters. The standard InChI is InChI=1S/C16H15Cl2NO2/c1-10-4-3-5-13(8-10)21-11(2)16(20)19-12-6-7-14(17)15(18)9-12/h3-9,11H,1-2H3,(H,19,20)/t11-/m1/s1. The quantitative estimate of drug-likeness (QED) is 0.885. The number of hydrogen-bond donors (Lipinski definition) is 1. The fraction of sp³-hybridized carbons (Fsp3) is 0.188. The molecular weight excluding hydrogens is 309 g/mol. The van der Waals surface area contributed by atoms with Gasteiger partial charge in [0.2, 0.25) is 0 Å². The van der Waals surface area contributed by atoms with Crippen LogP contribution in [0.5, 0.6) is 5.75 Å². The summed E-state index contributed by atoms with van der Waals surface area (Å²) in [7, 11) is 0. The van der Waals surface area contributed by atoms with E-state index in [9.17, 15) is 4.79 Å². The van der Waals surface area contributed by atoms with Crippen molar-refractivity contribution in [2.45, 2.75) is 20.0 Å². The summed E-state index contributed by atoms with van der Waals surface area (Å²) in [5.41, 5.74) is 1.65. The van der Waals surface area contributed by atoms with E-state index in [-0.39, 0.29) is 5.91 Å². The second-order valence-electron chi connectivity index (χ2n) is 4.69. The fourth-order valence-electron chi connectivity index (χ4n) is 1.76. The molecule has 2 aromatic carbocycles. The SMILES string of the molecule is Cc1cccc(O[C@H](C)C(=O)Nc2ccc(Cl)c(Cl)c2)c1. The number of rotatable bonds is 4. The molecule has 21 heavy (non-hydrogen) atoms. The molecule has 1 N–H and O–H groups in total. The Balaban J connectivity index is 2.00. The van der Waals surface area contributed by atoms with E-state index in [2.05, 4.69) is 5.32 Å². The number of halogens is 2. The topological polar surface area (TPSA) is 38.3 Å². The lowest BCUT2D eigenvalue weighted by molar-refractivity contribution is -0.122. The van der Waals surface area contributed by atoms with E-state index in [1.807, 2.05) is 31.2 Å². The number of anilines is 1. The van der Waals surface area contributed by atoms with Crippen LogP contribution in [0.2, 0.25) is 10.0 Å². The molecule has 0 fully saturated rings. The van der Waals surface area contributed by atoms with E-state index in [1.54, 1.807) is 25.1 Å². The molecule has 1 amide bonds. The molecule has 0 spiro atoms. The van der Waals surface area contributed by atoms with Crippen molar-refractivity contribution in [2.24, 2.45) is 0 Å². The van der Waals surface area contributed by atoms with Crippen molar-refractivity contribution in [3.05, 3.63) is 58.1 Å². The van der Waals surface area contributed by atoms with E-state index < -0.39 is 6.10 Å². The molecule has 2 aromatic rings. The Bertz CT molecular complexity index is 658. The zero-order valence-electron chi connectivity index (χ0n) is 11.7. The second-order valence-corrected chi connectivity index (χ2v) is 5.51. The number of carbonyl (C=O) groups is 1. The van der Waals surface area contributed by atoms with Gasteiger partial charge in [-0.25, -0.2) is 0 Å². The molecule has 0 aliphatic rings. The van der Waals surface area contributed by atoms with Gasteiger partial charge in [0, 0.05) is 5.69 Å².